The monoisotopic (exact) mass is 807 g/mol. The average molecular weight is 808 g/mol. The summed E-state index contributed by atoms with van der Waals surface area (Å²) in [5, 5.41) is 10.6. The summed E-state index contributed by atoms with van der Waals surface area (Å²) in [6, 6.07) is 5.55. The average Bonchev–Trinajstić information content (AvgIpc) is 3.81. The number of rotatable bonds is 13. The van der Waals surface area contributed by atoms with Crippen LogP contribution in [0.2, 0.25) is 0 Å². The largest absolute Gasteiger partial charge is 0.495 e. The Morgan fingerprint density at radius 1 is 1.02 bits per heavy atom. The molecule has 4 heterocycles. The van der Waals surface area contributed by atoms with E-state index in [1.165, 1.54) is 37.4 Å². The highest BCUT2D eigenvalue weighted by atomic mass is 19.3. The van der Waals surface area contributed by atoms with E-state index in [4.69, 9.17) is 9.47 Å². The number of nitrogens with zero attached hydrogens (tertiary/aromatic N) is 5. The van der Waals surface area contributed by atoms with E-state index in [2.05, 4.69) is 31.2 Å². The molecule has 3 aromatic rings. The summed E-state index contributed by atoms with van der Waals surface area (Å²) >= 11 is 0. The van der Waals surface area contributed by atoms with Crippen LogP contribution in [-0.4, -0.2) is 115 Å². The van der Waals surface area contributed by atoms with Gasteiger partial charge < -0.3 is 35.2 Å². The molecule has 1 saturated carbocycles. The van der Waals surface area contributed by atoms with E-state index < -0.39 is 59.8 Å². The van der Waals surface area contributed by atoms with Crippen molar-refractivity contribution >= 4 is 64.3 Å². The first-order chi connectivity index (χ1) is 27.8. The molecule has 6 amide bonds. The molecule has 7 rings (SSSR count). The quantitative estimate of drug-likeness (QED) is 0.145. The Kier molecular flexibility index (Phi) is 11.2. The minimum Gasteiger partial charge on any atom is -0.495 e. The predicted octanol–water partition coefficient (Wildman–Crippen LogP) is 2.99. The van der Waals surface area contributed by atoms with Gasteiger partial charge in [0.25, 0.3) is 23.6 Å². The van der Waals surface area contributed by atoms with Gasteiger partial charge >= 0.3 is 5.92 Å². The van der Waals surface area contributed by atoms with Crippen molar-refractivity contribution in [2.75, 3.05) is 67.4 Å². The molecule has 1 aliphatic carbocycles. The molecule has 0 bridgehead atoms. The van der Waals surface area contributed by atoms with Crippen molar-refractivity contribution in [2.24, 2.45) is 0 Å². The van der Waals surface area contributed by atoms with Crippen LogP contribution >= 0.6 is 0 Å². The van der Waals surface area contributed by atoms with Crippen LogP contribution < -0.4 is 35.8 Å². The van der Waals surface area contributed by atoms with E-state index in [0.717, 1.165) is 28.7 Å². The number of benzene rings is 2. The van der Waals surface area contributed by atoms with E-state index in [9.17, 15) is 37.5 Å². The number of methoxy groups -OCH3 is 1. The van der Waals surface area contributed by atoms with Crippen LogP contribution in [0, 0.1) is 5.82 Å². The lowest BCUT2D eigenvalue weighted by Gasteiger charge is -2.31. The number of hydrogen-bond donors (Lipinski definition) is 4. The highest BCUT2D eigenvalue weighted by Gasteiger charge is 2.49. The summed E-state index contributed by atoms with van der Waals surface area (Å²) in [7, 11) is 2.55. The van der Waals surface area contributed by atoms with Gasteiger partial charge in [-0.15, -0.1) is 0 Å². The molecule has 2 fully saturated rings. The minimum absolute atomic E-state index is 0.00564. The fourth-order valence-electron chi connectivity index (χ4n) is 7.57. The zero-order chi connectivity index (χ0) is 41.3. The predicted molar refractivity (Wildman–Crippen MR) is 201 cm³/mol. The first-order valence-corrected chi connectivity index (χ1v) is 18.7. The third-order valence-electron chi connectivity index (χ3n) is 10.5. The van der Waals surface area contributed by atoms with Crippen LogP contribution in [-0.2, 0) is 19.1 Å². The number of halogens is 3. The van der Waals surface area contributed by atoms with Crippen LogP contribution in [0.25, 0.3) is 0 Å². The molecule has 58 heavy (non-hydrogen) atoms. The molecule has 0 spiro atoms. The Bertz CT molecular complexity index is 2180. The lowest BCUT2D eigenvalue weighted by molar-refractivity contribution is -0.140. The van der Waals surface area contributed by atoms with Gasteiger partial charge in [0.2, 0.25) is 17.8 Å². The van der Waals surface area contributed by atoms with Crippen molar-refractivity contribution < 1.29 is 51.4 Å². The smallest absolute Gasteiger partial charge is 0.342 e. The maximum atomic E-state index is 15.4. The SMILES string of the molecule is COc1cc(C(=O)NCCOCCNc2cccc3c2C(=O)N(C2CCC(=O)NC2=O)C3=O)c(F)cc1Nc1ncc2c(n1)N(C1CCCC1)CC(F)(F)C(=O)N2C. The van der Waals surface area contributed by atoms with Crippen LogP contribution in [0.1, 0.15) is 69.6 Å². The first kappa shape index (κ1) is 39.9. The molecule has 1 aromatic heterocycles. The van der Waals surface area contributed by atoms with E-state index >= 15 is 4.39 Å². The highest BCUT2D eigenvalue weighted by molar-refractivity contribution is 6.25. The first-order valence-electron chi connectivity index (χ1n) is 18.7. The number of carbonyl (C=O) groups excluding carboxylic acids is 6. The molecule has 1 atom stereocenters. The fraction of sp³-hybridized carbons (Fsp3) is 0.421. The Balaban J connectivity index is 0.930. The second-order valence-corrected chi connectivity index (χ2v) is 14.2. The van der Waals surface area contributed by atoms with E-state index in [0.29, 0.717) is 18.5 Å². The third-order valence-corrected chi connectivity index (χ3v) is 10.5. The van der Waals surface area contributed by atoms with Crippen LogP contribution in [0.3, 0.4) is 0 Å². The Hall–Kier alpha value is -6.31. The number of aromatic nitrogens is 2. The molecular weight excluding hydrogens is 767 g/mol. The maximum Gasteiger partial charge on any atom is 0.342 e. The third kappa shape index (κ3) is 7.70. The summed E-state index contributed by atoms with van der Waals surface area (Å²) in [5.41, 5.74) is 0.437. The normalized spacial score (nSPS) is 19.2. The number of carbonyl (C=O) groups is 6. The Morgan fingerprint density at radius 2 is 1.78 bits per heavy atom. The van der Waals surface area contributed by atoms with Gasteiger partial charge in [-0.25, -0.2) is 9.37 Å². The fourth-order valence-corrected chi connectivity index (χ4v) is 7.57. The molecule has 306 valence electrons. The Labute approximate surface area is 329 Å². The molecule has 4 N–H and O–H groups in total. The van der Waals surface area contributed by atoms with E-state index in [-0.39, 0.29) is 90.8 Å². The van der Waals surface area contributed by atoms with Gasteiger partial charge in [-0.1, -0.05) is 18.9 Å². The standard InChI is InChI=1S/C38H40F3N9O8/c1-48-27-18-44-37(47-31(27)49(20-6-3-4-7-20)19-38(40,41)36(48)56)45-25-17-23(39)22(16-28(25)57-2)32(52)43-13-15-58-14-12-42-24-9-5-8-21-30(24)35(55)50(34(21)54)26-10-11-29(51)46-33(26)53/h5,8-9,16-18,20,26,42H,3-4,6-7,10-15,19H2,1-2H3,(H,43,52)(H,44,45,47)(H,46,51,53). The number of ether oxygens (including phenoxy) is 2. The summed E-state index contributed by atoms with van der Waals surface area (Å²) in [4.78, 5) is 87.7. The lowest BCUT2D eigenvalue weighted by Crippen LogP contribution is -2.54. The van der Waals surface area contributed by atoms with Crippen molar-refractivity contribution in [1.29, 1.82) is 0 Å². The van der Waals surface area contributed by atoms with Gasteiger partial charge in [0.15, 0.2) is 5.82 Å². The molecule has 4 aliphatic rings. The maximum absolute atomic E-state index is 15.4. The van der Waals surface area contributed by atoms with Gasteiger partial charge in [0.1, 0.15) is 23.3 Å². The van der Waals surface area contributed by atoms with E-state index in [1.54, 1.807) is 12.1 Å². The zero-order valence-electron chi connectivity index (χ0n) is 31.5. The van der Waals surface area contributed by atoms with Gasteiger partial charge in [0.05, 0.1) is 55.4 Å². The molecule has 0 radical (unpaired) electrons. The second-order valence-electron chi connectivity index (χ2n) is 14.2. The number of imide groups is 2. The van der Waals surface area contributed by atoms with Crippen LogP contribution in [0.5, 0.6) is 5.75 Å². The molecule has 1 unspecified atom stereocenters. The molecule has 17 nitrogen and oxygen atoms in total. The van der Waals surface area contributed by atoms with Crippen LogP contribution in [0.4, 0.5) is 42.0 Å². The molecule has 20 heteroatoms. The molecular formula is C38H40F3N9O8. The number of nitrogens with one attached hydrogen (secondary N) is 4. The van der Waals surface area contributed by atoms with Crippen molar-refractivity contribution in [2.45, 2.75) is 56.5 Å². The van der Waals surface area contributed by atoms with Gasteiger partial charge in [-0.05, 0) is 37.5 Å². The second kappa shape index (κ2) is 16.3. The van der Waals surface area contributed by atoms with Crippen molar-refractivity contribution in [3.8, 4) is 5.75 Å². The Morgan fingerprint density at radius 3 is 2.52 bits per heavy atom. The van der Waals surface area contributed by atoms with Gasteiger partial charge in [-0.2, -0.15) is 13.8 Å². The number of fused-ring (bicyclic) bond motifs is 2. The highest BCUT2D eigenvalue weighted by Crippen LogP contribution is 2.40. The number of alkyl halides is 2. The van der Waals surface area contributed by atoms with Gasteiger partial charge in [0, 0.05) is 44.4 Å². The number of piperidine rings is 1. The summed E-state index contributed by atoms with van der Waals surface area (Å²) in [6.07, 6.45) is 4.32. The van der Waals surface area contributed by atoms with Crippen molar-refractivity contribution in [3.05, 3.63) is 59.0 Å². The summed E-state index contributed by atoms with van der Waals surface area (Å²) in [6.45, 7) is -0.466. The van der Waals surface area contributed by atoms with E-state index in [1.807, 2.05) is 0 Å². The summed E-state index contributed by atoms with van der Waals surface area (Å²) in [5.74, 6) is -9.00. The number of anilines is 5. The molecule has 1 saturated heterocycles. The number of amides is 6. The summed E-state index contributed by atoms with van der Waals surface area (Å²) < 4.78 is 56.3. The minimum atomic E-state index is -3.65. The van der Waals surface area contributed by atoms with Crippen LogP contribution in [0.15, 0.2) is 36.5 Å². The molecule has 3 aliphatic heterocycles. The molecule has 2 aromatic carbocycles. The lowest BCUT2D eigenvalue weighted by atomic mass is 10.0. The zero-order valence-corrected chi connectivity index (χ0v) is 31.5. The van der Waals surface area contributed by atoms with Crippen molar-refractivity contribution in [1.82, 2.24) is 25.5 Å². The van der Waals surface area contributed by atoms with Crippen molar-refractivity contribution in [3.63, 3.8) is 0 Å². The number of hydrogen-bond acceptors (Lipinski definition) is 13. The topological polar surface area (TPSA) is 204 Å². The van der Waals surface area contributed by atoms with Gasteiger partial charge in [-0.3, -0.25) is 39.0 Å².